The molecule has 6 nitrogen and oxygen atoms in total. The van der Waals surface area contributed by atoms with Gasteiger partial charge in [0.05, 0.1) is 11.0 Å². The van der Waals surface area contributed by atoms with Crippen molar-refractivity contribution in [3.05, 3.63) is 53.9 Å². The first-order chi connectivity index (χ1) is 12.7. The molecule has 132 valence electrons. The molecule has 2 aromatic heterocycles. The summed E-state index contributed by atoms with van der Waals surface area (Å²) in [7, 11) is 0. The standard InChI is InChI=1S/C20H22N6/c1-13-6-5-11-22-17(13)14-7-4-10-20(12-14)25-18(21)24-19-23-15-8-2-3-9-16(15)26(19)20/h2-3,5-6,8-9,11,14H,4,7,10,12H2,1H3,(H3,21,23,24,25). The minimum atomic E-state index is -0.395. The Balaban J connectivity index is 1.66. The van der Waals surface area contributed by atoms with E-state index in [1.165, 1.54) is 11.3 Å². The smallest absolute Gasteiger partial charge is 0.212 e. The molecule has 3 aromatic rings. The number of para-hydroxylation sites is 2. The number of pyridine rings is 1. The van der Waals surface area contributed by atoms with Gasteiger partial charge in [-0.2, -0.15) is 0 Å². The molecule has 1 spiro atoms. The zero-order valence-electron chi connectivity index (χ0n) is 14.8. The molecule has 2 atom stereocenters. The molecule has 1 saturated carbocycles. The highest BCUT2D eigenvalue weighted by Gasteiger charge is 2.43. The van der Waals surface area contributed by atoms with E-state index in [9.17, 15) is 0 Å². The summed E-state index contributed by atoms with van der Waals surface area (Å²) in [6.07, 6.45) is 5.96. The Kier molecular flexibility index (Phi) is 3.29. The second-order valence-electron chi connectivity index (χ2n) is 7.36. The zero-order valence-corrected chi connectivity index (χ0v) is 14.8. The van der Waals surface area contributed by atoms with Crippen molar-refractivity contribution in [2.24, 2.45) is 10.7 Å². The summed E-state index contributed by atoms with van der Waals surface area (Å²) in [6.45, 7) is 2.14. The van der Waals surface area contributed by atoms with Crippen LogP contribution in [0.4, 0.5) is 5.95 Å². The molecule has 2 unspecified atom stereocenters. The van der Waals surface area contributed by atoms with Crippen molar-refractivity contribution in [3.8, 4) is 0 Å². The molecular formula is C20H22N6. The number of nitrogens with one attached hydrogen (secondary N) is 1. The fourth-order valence-corrected chi connectivity index (χ4v) is 4.64. The Hall–Kier alpha value is -2.89. The van der Waals surface area contributed by atoms with Crippen LogP contribution in [0, 0.1) is 6.92 Å². The lowest BCUT2D eigenvalue weighted by atomic mass is 9.78. The first-order valence-corrected chi connectivity index (χ1v) is 9.18. The third-order valence-electron chi connectivity index (χ3n) is 5.69. The van der Waals surface area contributed by atoms with Crippen molar-refractivity contribution >= 4 is 22.9 Å². The summed E-state index contributed by atoms with van der Waals surface area (Å²) in [5.74, 6) is 1.61. The second-order valence-corrected chi connectivity index (χ2v) is 7.36. The van der Waals surface area contributed by atoms with Gasteiger partial charge >= 0.3 is 0 Å². The molecule has 0 saturated heterocycles. The van der Waals surface area contributed by atoms with Gasteiger partial charge in [-0.3, -0.25) is 14.9 Å². The molecular weight excluding hydrogens is 324 g/mol. The monoisotopic (exact) mass is 346 g/mol. The normalized spacial score (nSPS) is 25.0. The van der Waals surface area contributed by atoms with Gasteiger partial charge in [0.1, 0.15) is 5.66 Å². The summed E-state index contributed by atoms with van der Waals surface area (Å²) in [5.41, 5.74) is 10.3. The van der Waals surface area contributed by atoms with Gasteiger partial charge in [0, 0.05) is 17.8 Å². The maximum absolute atomic E-state index is 6.16. The second kappa shape index (κ2) is 5.56. The summed E-state index contributed by atoms with van der Waals surface area (Å²) in [6, 6.07) is 12.4. The largest absolute Gasteiger partial charge is 0.370 e. The number of rotatable bonds is 1. The molecule has 5 rings (SSSR count). The van der Waals surface area contributed by atoms with Gasteiger partial charge in [-0.15, -0.1) is 0 Å². The molecule has 6 heteroatoms. The number of nitrogens with two attached hydrogens (primary N) is 1. The third kappa shape index (κ3) is 2.21. The highest BCUT2D eigenvalue weighted by atomic mass is 15.4. The van der Waals surface area contributed by atoms with Crippen LogP contribution < -0.4 is 11.1 Å². The van der Waals surface area contributed by atoms with Gasteiger partial charge in [0.15, 0.2) is 5.96 Å². The fraction of sp³-hybridized carbons (Fsp3) is 0.350. The Morgan fingerprint density at radius 3 is 3.00 bits per heavy atom. The molecule has 1 aromatic carbocycles. The Morgan fingerprint density at radius 1 is 1.23 bits per heavy atom. The van der Waals surface area contributed by atoms with E-state index in [0.29, 0.717) is 11.9 Å². The number of nitrogens with zero attached hydrogens (tertiary/aromatic N) is 4. The van der Waals surface area contributed by atoms with Gasteiger partial charge in [-0.05, 0) is 56.4 Å². The third-order valence-corrected chi connectivity index (χ3v) is 5.69. The summed E-state index contributed by atoms with van der Waals surface area (Å²) in [5, 5.41) is 3.15. The van der Waals surface area contributed by atoms with E-state index in [4.69, 9.17) is 15.7 Å². The highest BCUT2D eigenvalue weighted by molar-refractivity contribution is 5.94. The van der Waals surface area contributed by atoms with E-state index in [-0.39, 0.29) is 0 Å². The van der Waals surface area contributed by atoms with E-state index < -0.39 is 5.66 Å². The SMILES string of the molecule is Cc1cccnc1C1CCCC2(C1)N=C(N)Nc1nc3ccccc3n12. The average molecular weight is 346 g/mol. The average Bonchev–Trinajstić information content (AvgIpc) is 3.01. The number of aromatic nitrogens is 3. The van der Waals surface area contributed by atoms with Gasteiger partial charge in [-0.25, -0.2) is 9.98 Å². The van der Waals surface area contributed by atoms with Crippen LogP contribution in [0.2, 0.25) is 0 Å². The van der Waals surface area contributed by atoms with E-state index in [1.807, 2.05) is 24.4 Å². The highest BCUT2D eigenvalue weighted by Crippen LogP contribution is 2.47. The summed E-state index contributed by atoms with van der Waals surface area (Å²) in [4.78, 5) is 14.3. The molecule has 26 heavy (non-hydrogen) atoms. The van der Waals surface area contributed by atoms with Crippen molar-refractivity contribution in [2.45, 2.75) is 44.2 Å². The number of guanidine groups is 1. The van der Waals surface area contributed by atoms with E-state index in [2.05, 4.69) is 40.0 Å². The number of aliphatic imine (C=N–C) groups is 1. The lowest BCUT2D eigenvalue weighted by Crippen LogP contribution is -2.44. The molecule has 2 aliphatic rings. The summed E-state index contributed by atoms with van der Waals surface area (Å²) < 4.78 is 2.25. The van der Waals surface area contributed by atoms with Gasteiger partial charge in [0.25, 0.3) is 0 Å². The van der Waals surface area contributed by atoms with Crippen LogP contribution in [0.25, 0.3) is 11.0 Å². The molecule has 1 fully saturated rings. The lowest BCUT2D eigenvalue weighted by Gasteiger charge is -2.42. The van der Waals surface area contributed by atoms with Crippen LogP contribution in [0.15, 0.2) is 47.6 Å². The Morgan fingerprint density at radius 2 is 2.12 bits per heavy atom. The maximum atomic E-state index is 6.16. The van der Waals surface area contributed by atoms with Crippen molar-refractivity contribution in [2.75, 3.05) is 5.32 Å². The van der Waals surface area contributed by atoms with Crippen molar-refractivity contribution < 1.29 is 0 Å². The van der Waals surface area contributed by atoms with Crippen LogP contribution in [0.5, 0.6) is 0 Å². The van der Waals surface area contributed by atoms with Crippen LogP contribution in [0.3, 0.4) is 0 Å². The van der Waals surface area contributed by atoms with E-state index >= 15 is 0 Å². The number of benzene rings is 1. The van der Waals surface area contributed by atoms with E-state index in [1.54, 1.807) is 0 Å². The van der Waals surface area contributed by atoms with Gasteiger partial charge in [-0.1, -0.05) is 18.2 Å². The van der Waals surface area contributed by atoms with Crippen LogP contribution >= 0.6 is 0 Å². The predicted molar refractivity (Wildman–Crippen MR) is 103 cm³/mol. The Bertz CT molecular complexity index is 1020. The molecule has 0 radical (unpaired) electrons. The molecule has 0 amide bonds. The first-order valence-electron chi connectivity index (χ1n) is 9.18. The topological polar surface area (TPSA) is 81.1 Å². The molecule has 1 aliphatic heterocycles. The molecule has 0 bridgehead atoms. The van der Waals surface area contributed by atoms with Crippen molar-refractivity contribution in [1.29, 1.82) is 0 Å². The van der Waals surface area contributed by atoms with Crippen LogP contribution in [0.1, 0.15) is 42.9 Å². The minimum absolute atomic E-state index is 0.369. The van der Waals surface area contributed by atoms with Crippen LogP contribution in [-0.4, -0.2) is 20.5 Å². The first kappa shape index (κ1) is 15.4. The molecule has 3 heterocycles. The zero-order chi connectivity index (χ0) is 17.7. The number of fused-ring (bicyclic) bond motifs is 4. The fourth-order valence-electron chi connectivity index (χ4n) is 4.64. The number of anilines is 1. The van der Waals surface area contributed by atoms with Crippen molar-refractivity contribution in [3.63, 3.8) is 0 Å². The number of hydrogen-bond acceptors (Lipinski definition) is 5. The molecule has 3 N–H and O–H groups in total. The predicted octanol–water partition coefficient (Wildman–Crippen LogP) is 3.49. The minimum Gasteiger partial charge on any atom is -0.370 e. The molecule has 1 aliphatic carbocycles. The lowest BCUT2D eigenvalue weighted by molar-refractivity contribution is 0.188. The van der Waals surface area contributed by atoms with Gasteiger partial charge in [0.2, 0.25) is 5.95 Å². The van der Waals surface area contributed by atoms with E-state index in [0.717, 1.165) is 42.7 Å². The number of aryl methyl sites for hydroxylation is 1. The Labute approximate surface area is 152 Å². The maximum Gasteiger partial charge on any atom is 0.212 e. The number of imidazole rings is 1. The van der Waals surface area contributed by atoms with Gasteiger partial charge < -0.3 is 5.73 Å². The van der Waals surface area contributed by atoms with Crippen molar-refractivity contribution in [1.82, 2.24) is 14.5 Å². The van der Waals surface area contributed by atoms with Crippen LogP contribution in [-0.2, 0) is 5.66 Å². The summed E-state index contributed by atoms with van der Waals surface area (Å²) >= 11 is 0. The quantitative estimate of drug-likeness (QED) is 0.707. The number of hydrogen-bond donors (Lipinski definition) is 2.